The Kier molecular flexibility index (Phi) is 4.85. The molecule has 0 aromatic heterocycles. The third-order valence-corrected chi connectivity index (χ3v) is 2.50. The zero-order valence-electron chi connectivity index (χ0n) is 9.28. The largest absolute Gasteiger partial charge is 0.377 e. The first-order chi connectivity index (χ1) is 7.27. The van der Waals surface area contributed by atoms with Crippen LogP contribution < -0.4 is 0 Å². The molecular weight excluding hydrogens is 184 g/mol. The van der Waals surface area contributed by atoms with Gasteiger partial charge in [0, 0.05) is 7.11 Å². The SMILES string of the molecule is C=CC(=C)C(CCc1ccccc1)OC. The Morgan fingerprint density at radius 2 is 2.07 bits per heavy atom. The van der Waals surface area contributed by atoms with E-state index in [2.05, 4.69) is 37.4 Å². The summed E-state index contributed by atoms with van der Waals surface area (Å²) in [5.74, 6) is 0. The number of rotatable bonds is 6. The molecule has 1 unspecified atom stereocenters. The van der Waals surface area contributed by atoms with Gasteiger partial charge in [0.05, 0.1) is 6.10 Å². The fraction of sp³-hybridized carbons (Fsp3) is 0.286. The van der Waals surface area contributed by atoms with Gasteiger partial charge >= 0.3 is 0 Å². The van der Waals surface area contributed by atoms with E-state index in [-0.39, 0.29) is 6.10 Å². The van der Waals surface area contributed by atoms with Crippen LogP contribution in [0.1, 0.15) is 12.0 Å². The smallest absolute Gasteiger partial charge is 0.0818 e. The van der Waals surface area contributed by atoms with E-state index in [0.29, 0.717) is 0 Å². The zero-order valence-corrected chi connectivity index (χ0v) is 9.28. The molecule has 0 aliphatic rings. The fourth-order valence-corrected chi connectivity index (χ4v) is 1.53. The normalized spacial score (nSPS) is 12.1. The van der Waals surface area contributed by atoms with E-state index < -0.39 is 0 Å². The highest BCUT2D eigenvalue weighted by molar-refractivity contribution is 5.19. The molecule has 15 heavy (non-hydrogen) atoms. The van der Waals surface area contributed by atoms with Crippen LogP contribution in [-0.4, -0.2) is 13.2 Å². The van der Waals surface area contributed by atoms with Gasteiger partial charge in [0.1, 0.15) is 0 Å². The first-order valence-electron chi connectivity index (χ1n) is 5.16. The van der Waals surface area contributed by atoms with Crippen molar-refractivity contribution in [1.29, 1.82) is 0 Å². The summed E-state index contributed by atoms with van der Waals surface area (Å²) < 4.78 is 5.35. The summed E-state index contributed by atoms with van der Waals surface area (Å²) in [6.45, 7) is 7.62. The molecule has 1 nitrogen and oxygen atoms in total. The van der Waals surface area contributed by atoms with Crippen LogP contribution in [0.15, 0.2) is 55.1 Å². The second kappa shape index (κ2) is 6.20. The highest BCUT2D eigenvalue weighted by Crippen LogP contribution is 2.13. The Hall–Kier alpha value is -1.34. The number of ether oxygens (including phenoxy) is 1. The fourth-order valence-electron chi connectivity index (χ4n) is 1.53. The average molecular weight is 202 g/mol. The van der Waals surface area contributed by atoms with Crippen molar-refractivity contribution in [3.8, 4) is 0 Å². The van der Waals surface area contributed by atoms with Gasteiger partial charge in [-0.1, -0.05) is 49.6 Å². The van der Waals surface area contributed by atoms with E-state index in [0.717, 1.165) is 18.4 Å². The van der Waals surface area contributed by atoms with Gasteiger partial charge < -0.3 is 4.74 Å². The van der Waals surface area contributed by atoms with Crippen LogP contribution in [0.3, 0.4) is 0 Å². The van der Waals surface area contributed by atoms with Gasteiger partial charge in [-0.25, -0.2) is 0 Å². The minimum atomic E-state index is 0.0858. The Morgan fingerprint density at radius 3 is 2.60 bits per heavy atom. The maximum Gasteiger partial charge on any atom is 0.0818 e. The predicted molar refractivity (Wildman–Crippen MR) is 64.9 cm³/mol. The first kappa shape index (κ1) is 11.7. The lowest BCUT2D eigenvalue weighted by atomic mass is 10.0. The number of benzene rings is 1. The van der Waals surface area contributed by atoms with E-state index in [4.69, 9.17) is 4.74 Å². The molecule has 1 heteroatoms. The summed E-state index contributed by atoms with van der Waals surface area (Å²) in [5.41, 5.74) is 2.28. The summed E-state index contributed by atoms with van der Waals surface area (Å²) >= 11 is 0. The van der Waals surface area contributed by atoms with Gasteiger partial charge in [-0.2, -0.15) is 0 Å². The van der Waals surface area contributed by atoms with Crippen molar-refractivity contribution >= 4 is 0 Å². The third-order valence-electron chi connectivity index (χ3n) is 2.50. The summed E-state index contributed by atoms with van der Waals surface area (Å²) in [5, 5.41) is 0. The number of aryl methyl sites for hydroxylation is 1. The molecule has 0 aliphatic carbocycles. The van der Waals surface area contributed by atoms with Crippen molar-refractivity contribution in [2.75, 3.05) is 7.11 Å². The standard InChI is InChI=1S/C14H18O/c1-4-12(2)14(15-3)11-10-13-8-6-5-7-9-13/h4-9,14H,1-2,10-11H2,3H3. The molecule has 0 amide bonds. The molecule has 0 bridgehead atoms. The molecule has 0 saturated carbocycles. The highest BCUT2D eigenvalue weighted by atomic mass is 16.5. The van der Waals surface area contributed by atoms with Gasteiger partial charge in [0.25, 0.3) is 0 Å². The molecule has 1 aromatic rings. The molecule has 0 saturated heterocycles. The van der Waals surface area contributed by atoms with Crippen molar-refractivity contribution in [3.05, 3.63) is 60.7 Å². The first-order valence-corrected chi connectivity index (χ1v) is 5.16. The van der Waals surface area contributed by atoms with Crippen molar-refractivity contribution in [3.63, 3.8) is 0 Å². The topological polar surface area (TPSA) is 9.23 Å². The summed E-state index contributed by atoms with van der Waals surface area (Å²) in [6, 6.07) is 10.4. The van der Waals surface area contributed by atoms with Crippen LogP contribution in [-0.2, 0) is 11.2 Å². The molecule has 0 aliphatic heterocycles. The predicted octanol–water partition coefficient (Wildman–Crippen LogP) is 3.38. The average Bonchev–Trinajstić information content (AvgIpc) is 2.31. The Bertz CT molecular complexity index is 313. The van der Waals surface area contributed by atoms with E-state index in [1.54, 1.807) is 13.2 Å². The number of hydrogen-bond acceptors (Lipinski definition) is 1. The van der Waals surface area contributed by atoms with Crippen molar-refractivity contribution < 1.29 is 4.74 Å². The monoisotopic (exact) mass is 202 g/mol. The van der Waals surface area contributed by atoms with E-state index in [9.17, 15) is 0 Å². The van der Waals surface area contributed by atoms with Crippen LogP contribution >= 0.6 is 0 Å². The minimum absolute atomic E-state index is 0.0858. The van der Waals surface area contributed by atoms with E-state index >= 15 is 0 Å². The van der Waals surface area contributed by atoms with Crippen LogP contribution in [0.4, 0.5) is 0 Å². The maximum absolute atomic E-state index is 5.35. The molecule has 1 aromatic carbocycles. The van der Waals surface area contributed by atoms with E-state index in [1.807, 2.05) is 6.07 Å². The summed E-state index contributed by atoms with van der Waals surface area (Å²) in [4.78, 5) is 0. The van der Waals surface area contributed by atoms with Crippen LogP contribution in [0.25, 0.3) is 0 Å². The molecule has 0 fully saturated rings. The maximum atomic E-state index is 5.35. The highest BCUT2D eigenvalue weighted by Gasteiger charge is 2.08. The Labute approximate surface area is 92.1 Å². The van der Waals surface area contributed by atoms with Crippen molar-refractivity contribution in [1.82, 2.24) is 0 Å². The molecule has 0 radical (unpaired) electrons. The van der Waals surface area contributed by atoms with Crippen LogP contribution in [0.5, 0.6) is 0 Å². The molecule has 1 rings (SSSR count). The van der Waals surface area contributed by atoms with Crippen molar-refractivity contribution in [2.24, 2.45) is 0 Å². The molecule has 0 heterocycles. The molecule has 80 valence electrons. The van der Waals surface area contributed by atoms with E-state index in [1.165, 1.54) is 5.56 Å². The summed E-state index contributed by atoms with van der Waals surface area (Å²) in [6.07, 6.45) is 3.80. The molecular formula is C14H18O. The number of hydrogen-bond donors (Lipinski definition) is 0. The van der Waals surface area contributed by atoms with Gasteiger partial charge in [-0.15, -0.1) is 0 Å². The third kappa shape index (κ3) is 3.72. The quantitative estimate of drug-likeness (QED) is 0.643. The van der Waals surface area contributed by atoms with Gasteiger partial charge in [0.2, 0.25) is 0 Å². The van der Waals surface area contributed by atoms with Crippen LogP contribution in [0.2, 0.25) is 0 Å². The lowest BCUT2D eigenvalue weighted by molar-refractivity contribution is 0.127. The molecule has 1 atom stereocenters. The van der Waals surface area contributed by atoms with Gasteiger partial charge in [-0.05, 0) is 24.0 Å². The van der Waals surface area contributed by atoms with Gasteiger partial charge in [-0.3, -0.25) is 0 Å². The van der Waals surface area contributed by atoms with Gasteiger partial charge in [0.15, 0.2) is 0 Å². The second-order valence-corrected chi connectivity index (χ2v) is 3.53. The minimum Gasteiger partial charge on any atom is -0.377 e. The molecule has 0 N–H and O–H groups in total. The molecule has 0 spiro atoms. The Balaban J connectivity index is 2.48. The lowest BCUT2D eigenvalue weighted by Crippen LogP contribution is -2.12. The Morgan fingerprint density at radius 1 is 1.40 bits per heavy atom. The lowest BCUT2D eigenvalue weighted by Gasteiger charge is -2.15. The van der Waals surface area contributed by atoms with Crippen LogP contribution in [0, 0.1) is 0 Å². The zero-order chi connectivity index (χ0) is 11.1. The summed E-state index contributed by atoms with van der Waals surface area (Å²) in [7, 11) is 1.71. The second-order valence-electron chi connectivity index (χ2n) is 3.53. The van der Waals surface area contributed by atoms with Crippen molar-refractivity contribution in [2.45, 2.75) is 18.9 Å². The number of methoxy groups -OCH3 is 1.